The fourth-order valence-corrected chi connectivity index (χ4v) is 1.26. The van der Waals surface area contributed by atoms with E-state index in [2.05, 4.69) is 17.6 Å². The molecule has 0 atom stereocenters. The summed E-state index contributed by atoms with van der Waals surface area (Å²) in [5.74, 6) is 0. The first-order valence-corrected chi connectivity index (χ1v) is 4.59. The van der Waals surface area contributed by atoms with Crippen molar-refractivity contribution < 1.29 is 0 Å². The Morgan fingerprint density at radius 1 is 1.55 bits per heavy atom. The molecule has 0 unspecified atom stereocenters. The molecule has 64 valence electrons. The van der Waals surface area contributed by atoms with Gasteiger partial charge in [0.15, 0.2) is 5.11 Å². The highest BCUT2D eigenvalue weighted by Crippen LogP contribution is 2.47. The van der Waals surface area contributed by atoms with Crippen LogP contribution in [0.2, 0.25) is 0 Å². The molecule has 0 aromatic heterocycles. The quantitative estimate of drug-likeness (QED) is 0.627. The largest absolute Gasteiger partial charge is 0.366 e. The summed E-state index contributed by atoms with van der Waals surface area (Å²) in [6.07, 6.45) is 4.00. The van der Waals surface area contributed by atoms with E-state index in [1.165, 1.54) is 19.3 Å². The van der Waals surface area contributed by atoms with Gasteiger partial charge < -0.3 is 10.6 Å². The van der Waals surface area contributed by atoms with E-state index in [1.807, 2.05) is 7.05 Å². The van der Waals surface area contributed by atoms with Gasteiger partial charge in [-0.2, -0.15) is 0 Å². The maximum absolute atomic E-state index is 4.98. The van der Waals surface area contributed by atoms with E-state index in [4.69, 9.17) is 12.2 Å². The number of rotatable bonds is 3. The summed E-state index contributed by atoms with van der Waals surface area (Å²) in [5, 5.41) is 6.88. The van der Waals surface area contributed by atoms with Crippen LogP contribution in [0.5, 0.6) is 0 Å². The van der Waals surface area contributed by atoms with Crippen molar-refractivity contribution in [2.75, 3.05) is 13.6 Å². The first kappa shape index (κ1) is 8.78. The van der Waals surface area contributed by atoms with E-state index >= 15 is 0 Å². The Bertz CT molecular complexity index is 152. The van der Waals surface area contributed by atoms with Gasteiger partial charge in [0.25, 0.3) is 0 Å². The van der Waals surface area contributed by atoms with E-state index in [0.717, 1.165) is 11.7 Å². The van der Waals surface area contributed by atoms with Gasteiger partial charge in [-0.25, -0.2) is 0 Å². The lowest BCUT2D eigenvalue weighted by Gasteiger charge is -2.14. The monoisotopic (exact) mass is 172 g/mol. The predicted octanol–water partition coefficient (Wildman–Crippen LogP) is 1.27. The second kappa shape index (κ2) is 3.39. The molecule has 11 heavy (non-hydrogen) atoms. The first-order chi connectivity index (χ1) is 5.22. The molecule has 1 rings (SSSR count). The smallest absolute Gasteiger partial charge is 0.166 e. The molecule has 0 bridgehead atoms. The van der Waals surface area contributed by atoms with Gasteiger partial charge in [0.2, 0.25) is 0 Å². The van der Waals surface area contributed by atoms with Gasteiger partial charge in [0.05, 0.1) is 0 Å². The van der Waals surface area contributed by atoms with Crippen molar-refractivity contribution >= 4 is 17.3 Å². The van der Waals surface area contributed by atoms with E-state index in [1.54, 1.807) is 0 Å². The molecule has 0 heterocycles. The van der Waals surface area contributed by atoms with Gasteiger partial charge in [-0.3, -0.25) is 0 Å². The van der Waals surface area contributed by atoms with Gasteiger partial charge in [-0.1, -0.05) is 6.92 Å². The number of hydrogen-bond donors (Lipinski definition) is 2. The first-order valence-electron chi connectivity index (χ1n) is 4.18. The van der Waals surface area contributed by atoms with E-state index in [-0.39, 0.29) is 0 Å². The average molecular weight is 172 g/mol. The van der Waals surface area contributed by atoms with E-state index in [9.17, 15) is 0 Å². The van der Waals surface area contributed by atoms with Crippen LogP contribution in [0.15, 0.2) is 0 Å². The Kier molecular flexibility index (Phi) is 2.71. The highest BCUT2D eigenvalue weighted by molar-refractivity contribution is 7.80. The topological polar surface area (TPSA) is 24.1 Å². The highest BCUT2D eigenvalue weighted by Gasteiger charge is 2.40. The summed E-state index contributed by atoms with van der Waals surface area (Å²) >= 11 is 4.98. The van der Waals surface area contributed by atoms with E-state index < -0.39 is 0 Å². The zero-order valence-electron chi connectivity index (χ0n) is 7.24. The van der Waals surface area contributed by atoms with Crippen molar-refractivity contribution in [1.29, 1.82) is 0 Å². The SMILES string of the molecule is CCC1(CNC(=S)NC)CC1. The molecular formula is C8H16N2S. The summed E-state index contributed by atoms with van der Waals surface area (Å²) in [6, 6.07) is 0. The molecule has 0 radical (unpaired) electrons. The third-order valence-corrected chi connectivity index (χ3v) is 2.91. The summed E-state index contributed by atoms with van der Waals surface area (Å²) in [7, 11) is 1.85. The van der Waals surface area contributed by atoms with Crippen LogP contribution in [0.1, 0.15) is 26.2 Å². The minimum absolute atomic E-state index is 0.584. The molecule has 2 nitrogen and oxygen atoms in total. The van der Waals surface area contributed by atoms with Crippen molar-refractivity contribution in [3.63, 3.8) is 0 Å². The summed E-state index contributed by atoms with van der Waals surface area (Å²) in [5.41, 5.74) is 0.584. The molecule has 0 spiro atoms. The van der Waals surface area contributed by atoms with Crippen molar-refractivity contribution in [3.8, 4) is 0 Å². The van der Waals surface area contributed by atoms with Crippen LogP contribution in [0.25, 0.3) is 0 Å². The minimum Gasteiger partial charge on any atom is -0.366 e. The van der Waals surface area contributed by atoms with Crippen LogP contribution < -0.4 is 10.6 Å². The predicted molar refractivity (Wildman–Crippen MR) is 51.6 cm³/mol. The van der Waals surface area contributed by atoms with Crippen molar-refractivity contribution in [1.82, 2.24) is 10.6 Å². The average Bonchev–Trinajstić information content (AvgIpc) is 2.81. The number of nitrogens with one attached hydrogen (secondary N) is 2. The van der Waals surface area contributed by atoms with Gasteiger partial charge >= 0.3 is 0 Å². The highest BCUT2D eigenvalue weighted by atomic mass is 32.1. The molecule has 2 N–H and O–H groups in total. The second-order valence-electron chi connectivity index (χ2n) is 3.29. The van der Waals surface area contributed by atoms with Gasteiger partial charge in [0.1, 0.15) is 0 Å². The normalized spacial score (nSPS) is 19.1. The zero-order chi connectivity index (χ0) is 8.32. The Morgan fingerprint density at radius 3 is 2.55 bits per heavy atom. The van der Waals surface area contributed by atoms with Gasteiger partial charge in [-0.15, -0.1) is 0 Å². The standard InChI is InChI=1S/C8H16N2S/c1-3-8(4-5-8)6-10-7(11)9-2/h3-6H2,1-2H3,(H2,9,10,11). The molecule has 0 amide bonds. The lowest BCUT2D eigenvalue weighted by Crippen LogP contribution is -2.36. The molecule has 1 fully saturated rings. The molecule has 3 heteroatoms. The number of hydrogen-bond acceptors (Lipinski definition) is 1. The molecule has 0 aromatic carbocycles. The van der Waals surface area contributed by atoms with Gasteiger partial charge in [0, 0.05) is 13.6 Å². The lowest BCUT2D eigenvalue weighted by atomic mass is 10.0. The van der Waals surface area contributed by atoms with Crippen LogP contribution in [-0.2, 0) is 0 Å². The molecule has 0 aliphatic heterocycles. The fourth-order valence-electron chi connectivity index (χ4n) is 1.19. The second-order valence-corrected chi connectivity index (χ2v) is 3.69. The Balaban J connectivity index is 2.16. The van der Waals surface area contributed by atoms with Crippen LogP contribution in [0.3, 0.4) is 0 Å². The minimum atomic E-state index is 0.584. The molecule has 0 saturated heterocycles. The Hall–Kier alpha value is -0.310. The van der Waals surface area contributed by atoms with Crippen LogP contribution in [0, 0.1) is 5.41 Å². The Morgan fingerprint density at radius 2 is 2.18 bits per heavy atom. The number of thiocarbonyl (C=S) groups is 1. The van der Waals surface area contributed by atoms with E-state index in [0.29, 0.717) is 5.41 Å². The van der Waals surface area contributed by atoms with Crippen LogP contribution >= 0.6 is 12.2 Å². The molecule has 1 aliphatic carbocycles. The molecule has 0 aromatic rings. The summed E-state index contributed by atoms with van der Waals surface area (Å²) in [4.78, 5) is 0. The molecular weight excluding hydrogens is 156 g/mol. The molecule has 1 aliphatic rings. The summed E-state index contributed by atoms with van der Waals surface area (Å²) < 4.78 is 0. The third-order valence-electron chi connectivity index (χ3n) is 2.56. The zero-order valence-corrected chi connectivity index (χ0v) is 8.05. The van der Waals surface area contributed by atoms with Crippen molar-refractivity contribution in [3.05, 3.63) is 0 Å². The van der Waals surface area contributed by atoms with Crippen molar-refractivity contribution in [2.45, 2.75) is 26.2 Å². The lowest BCUT2D eigenvalue weighted by molar-refractivity contribution is 0.481. The maximum Gasteiger partial charge on any atom is 0.166 e. The van der Waals surface area contributed by atoms with Crippen molar-refractivity contribution in [2.24, 2.45) is 5.41 Å². The van der Waals surface area contributed by atoms with Crippen LogP contribution in [-0.4, -0.2) is 18.7 Å². The van der Waals surface area contributed by atoms with Gasteiger partial charge in [-0.05, 0) is 36.9 Å². The fraction of sp³-hybridized carbons (Fsp3) is 0.875. The summed E-state index contributed by atoms with van der Waals surface area (Å²) in [6.45, 7) is 3.29. The maximum atomic E-state index is 4.98. The third kappa shape index (κ3) is 2.33. The molecule has 1 saturated carbocycles. The van der Waals surface area contributed by atoms with Crippen LogP contribution in [0.4, 0.5) is 0 Å². The Labute approximate surface area is 73.7 Å².